The van der Waals surface area contributed by atoms with E-state index >= 15 is 0 Å². The van der Waals surface area contributed by atoms with Gasteiger partial charge in [-0.05, 0) is 38.7 Å². The van der Waals surface area contributed by atoms with Crippen LogP contribution in [0.4, 0.5) is 0 Å². The second-order valence-corrected chi connectivity index (χ2v) is 10.7. The smallest absolute Gasteiger partial charge is 0.344 e. The first-order valence-electron chi connectivity index (χ1n) is 11.3. The first-order chi connectivity index (χ1) is 15.1. The lowest BCUT2D eigenvalue weighted by atomic mass is 9.78. The maximum atomic E-state index is 13.6. The second-order valence-electron chi connectivity index (χ2n) is 10.7. The first-order valence-corrected chi connectivity index (χ1v) is 11.3. The third kappa shape index (κ3) is 4.27. The van der Waals surface area contributed by atoms with Crippen LogP contribution < -0.4 is 4.74 Å². The minimum Gasteiger partial charge on any atom is -0.422 e. The van der Waals surface area contributed by atoms with Gasteiger partial charge in [0.1, 0.15) is 5.75 Å². The molecular weight excluding hydrogens is 392 g/mol. The molecule has 0 unspecified atom stereocenters. The quantitative estimate of drug-likeness (QED) is 0.317. The van der Waals surface area contributed by atoms with Gasteiger partial charge in [-0.25, -0.2) is 4.79 Å². The average molecular weight is 425 g/mol. The monoisotopic (exact) mass is 424 g/mol. The van der Waals surface area contributed by atoms with Crippen molar-refractivity contribution in [2.75, 3.05) is 0 Å². The molecule has 0 aliphatic carbocycles. The number of carbonyl (C=O) groups excluding carboxylic acids is 1. The van der Waals surface area contributed by atoms with E-state index in [-0.39, 0.29) is 16.8 Å². The summed E-state index contributed by atoms with van der Waals surface area (Å²) in [7, 11) is 0. The Hall–Kier alpha value is -3.13. The standard InChI is InChI=1S/C30H32O2/c1-29(2,3)23-17-22-18-24(20-13-9-7-10-14-20)26(21-15-11-8-12-16-21)28(31)32-27(22)25(19-23)30(4,5)6/h7-17,19H,18H2,1-6H3. The molecule has 1 heterocycles. The van der Waals surface area contributed by atoms with Crippen molar-refractivity contribution >= 4 is 17.1 Å². The molecule has 1 aliphatic rings. The topological polar surface area (TPSA) is 26.3 Å². The molecule has 2 nitrogen and oxygen atoms in total. The Labute approximate surface area is 192 Å². The predicted octanol–water partition coefficient (Wildman–Crippen LogP) is 7.35. The lowest BCUT2D eigenvalue weighted by molar-refractivity contribution is -0.127. The molecule has 0 bridgehead atoms. The molecule has 0 saturated carbocycles. The van der Waals surface area contributed by atoms with E-state index in [0.717, 1.165) is 33.6 Å². The summed E-state index contributed by atoms with van der Waals surface area (Å²) >= 11 is 0. The third-order valence-electron chi connectivity index (χ3n) is 6.09. The van der Waals surface area contributed by atoms with E-state index in [1.807, 2.05) is 48.5 Å². The lowest BCUT2D eigenvalue weighted by Crippen LogP contribution is -2.20. The molecule has 3 aromatic rings. The normalized spacial score (nSPS) is 14.6. The molecule has 0 fully saturated rings. The molecule has 0 saturated heterocycles. The van der Waals surface area contributed by atoms with Crippen LogP contribution in [-0.4, -0.2) is 5.97 Å². The van der Waals surface area contributed by atoms with Crippen LogP contribution in [0.2, 0.25) is 0 Å². The van der Waals surface area contributed by atoms with Crippen LogP contribution in [0.25, 0.3) is 11.1 Å². The van der Waals surface area contributed by atoms with Crippen molar-refractivity contribution in [1.29, 1.82) is 0 Å². The van der Waals surface area contributed by atoms with Gasteiger partial charge in [0, 0.05) is 12.0 Å². The van der Waals surface area contributed by atoms with E-state index in [1.165, 1.54) is 5.56 Å². The fourth-order valence-corrected chi connectivity index (χ4v) is 4.26. The Morgan fingerprint density at radius 2 is 1.28 bits per heavy atom. The van der Waals surface area contributed by atoms with Crippen molar-refractivity contribution in [3.8, 4) is 5.75 Å². The van der Waals surface area contributed by atoms with E-state index in [0.29, 0.717) is 12.0 Å². The Bertz CT molecular complexity index is 1170. The Morgan fingerprint density at radius 1 is 0.719 bits per heavy atom. The molecule has 0 N–H and O–H groups in total. The number of fused-ring (bicyclic) bond motifs is 1. The zero-order valence-electron chi connectivity index (χ0n) is 20.0. The van der Waals surface area contributed by atoms with Crippen LogP contribution >= 0.6 is 0 Å². The summed E-state index contributed by atoms with van der Waals surface area (Å²) in [6.45, 7) is 13.2. The molecule has 3 aromatic carbocycles. The minimum atomic E-state index is -0.289. The first kappa shape index (κ1) is 22.1. The summed E-state index contributed by atoms with van der Waals surface area (Å²) in [4.78, 5) is 13.6. The van der Waals surface area contributed by atoms with Crippen molar-refractivity contribution in [1.82, 2.24) is 0 Å². The fraction of sp³-hybridized carbons (Fsp3) is 0.300. The molecule has 0 spiro atoms. The number of hydrogen-bond acceptors (Lipinski definition) is 2. The number of ether oxygens (including phenoxy) is 1. The van der Waals surface area contributed by atoms with Crippen molar-refractivity contribution in [2.24, 2.45) is 0 Å². The van der Waals surface area contributed by atoms with Gasteiger partial charge in [-0.3, -0.25) is 0 Å². The maximum Gasteiger partial charge on any atom is 0.344 e. The molecule has 0 amide bonds. The largest absolute Gasteiger partial charge is 0.422 e. The third-order valence-corrected chi connectivity index (χ3v) is 6.09. The number of allylic oxidation sites excluding steroid dienone is 1. The van der Waals surface area contributed by atoms with Gasteiger partial charge in [-0.1, -0.05) is 114 Å². The summed E-state index contributed by atoms with van der Waals surface area (Å²) in [5, 5.41) is 0. The fourth-order valence-electron chi connectivity index (χ4n) is 4.26. The summed E-state index contributed by atoms with van der Waals surface area (Å²) in [6.07, 6.45) is 0.641. The van der Waals surface area contributed by atoms with Crippen molar-refractivity contribution < 1.29 is 9.53 Å². The van der Waals surface area contributed by atoms with Crippen LogP contribution in [-0.2, 0) is 22.0 Å². The highest BCUT2D eigenvalue weighted by molar-refractivity contribution is 6.26. The molecule has 4 rings (SSSR count). The Morgan fingerprint density at radius 3 is 1.81 bits per heavy atom. The number of rotatable bonds is 2. The van der Waals surface area contributed by atoms with Gasteiger partial charge < -0.3 is 4.74 Å². The Balaban J connectivity index is 2.01. The summed E-state index contributed by atoms with van der Waals surface area (Å²) in [5.74, 6) is 0.428. The molecule has 164 valence electrons. The maximum absolute atomic E-state index is 13.6. The van der Waals surface area contributed by atoms with Gasteiger partial charge in [0.2, 0.25) is 0 Å². The van der Waals surface area contributed by atoms with Gasteiger partial charge in [0.15, 0.2) is 0 Å². The van der Waals surface area contributed by atoms with Gasteiger partial charge in [-0.2, -0.15) is 0 Å². The molecule has 0 aromatic heterocycles. The van der Waals surface area contributed by atoms with Crippen LogP contribution in [0.3, 0.4) is 0 Å². The van der Waals surface area contributed by atoms with Crippen molar-refractivity contribution in [3.63, 3.8) is 0 Å². The molecule has 2 heteroatoms. The number of benzene rings is 3. The summed E-state index contributed by atoms with van der Waals surface area (Å²) in [6, 6.07) is 24.5. The zero-order valence-corrected chi connectivity index (χ0v) is 20.0. The van der Waals surface area contributed by atoms with Crippen LogP contribution in [0.15, 0.2) is 72.8 Å². The van der Waals surface area contributed by atoms with Gasteiger partial charge in [-0.15, -0.1) is 0 Å². The number of carbonyl (C=O) groups is 1. The van der Waals surface area contributed by atoms with Gasteiger partial charge >= 0.3 is 5.97 Å². The summed E-state index contributed by atoms with van der Waals surface area (Å²) in [5.41, 5.74) is 6.83. The van der Waals surface area contributed by atoms with Crippen LogP contribution in [0.5, 0.6) is 5.75 Å². The van der Waals surface area contributed by atoms with Crippen molar-refractivity contribution in [2.45, 2.75) is 58.8 Å². The molecule has 32 heavy (non-hydrogen) atoms. The van der Waals surface area contributed by atoms with E-state index < -0.39 is 0 Å². The van der Waals surface area contributed by atoms with Gasteiger partial charge in [0.25, 0.3) is 0 Å². The second kappa shape index (κ2) is 8.09. The van der Waals surface area contributed by atoms with Crippen LogP contribution in [0, 0.1) is 0 Å². The summed E-state index contributed by atoms with van der Waals surface area (Å²) < 4.78 is 6.20. The van der Waals surface area contributed by atoms with Crippen LogP contribution in [0.1, 0.15) is 69.4 Å². The average Bonchev–Trinajstić information content (AvgIpc) is 2.88. The lowest BCUT2D eigenvalue weighted by Gasteiger charge is -2.28. The number of hydrogen-bond donors (Lipinski definition) is 0. The van der Waals surface area contributed by atoms with Crippen molar-refractivity contribution in [3.05, 3.63) is 101 Å². The molecule has 1 aliphatic heterocycles. The highest BCUT2D eigenvalue weighted by Gasteiger charge is 2.32. The minimum absolute atomic E-state index is 0.00969. The zero-order chi connectivity index (χ0) is 23.1. The molecule has 0 radical (unpaired) electrons. The molecule has 0 atom stereocenters. The predicted molar refractivity (Wildman–Crippen MR) is 133 cm³/mol. The van der Waals surface area contributed by atoms with E-state index in [1.54, 1.807) is 0 Å². The van der Waals surface area contributed by atoms with Gasteiger partial charge in [0.05, 0.1) is 5.57 Å². The van der Waals surface area contributed by atoms with E-state index in [9.17, 15) is 4.79 Å². The molecular formula is C30H32O2. The SMILES string of the molecule is CC(C)(C)c1cc2c(c(C(C)(C)C)c1)OC(=O)C(c1ccccc1)=C(c1ccccc1)C2. The van der Waals surface area contributed by atoms with E-state index in [4.69, 9.17) is 4.74 Å². The highest BCUT2D eigenvalue weighted by atomic mass is 16.5. The Kier molecular flexibility index (Phi) is 5.58. The number of esters is 1. The highest BCUT2D eigenvalue weighted by Crippen LogP contribution is 2.43. The van der Waals surface area contributed by atoms with E-state index in [2.05, 4.69) is 65.8 Å².